The van der Waals surface area contributed by atoms with E-state index in [4.69, 9.17) is 16.2 Å². The summed E-state index contributed by atoms with van der Waals surface area (Å²) in [6, 6.07) is 17.7. The van der Waals surface area contributed by atoms with Gasteiger partial charge in [-0.25, -0.2) is 4.39 Å². The van der Waals surface area contributed by atoms with Gasteiger partial charge in [0.15, 0.2) is 5.82 Å². The number of benzene rings is 3. The highest BCUT2D eigenvalue weighted by Gasteiger charge is 2.28. The van der Waals surface area contributed by atoms with Gasteiger partial charge in [0.25, 0.3) is 5.91 Å². The Morgan fingerprint density at radius 3 is 2.51 bits per heavy atom. The minimum absolute atomic E-state index is 0.0591. The first-order chi connectivity index (χ1) is 20.7. The molecule has 0 spiro atoms. The van der Waals surface area contributed by atoms with Crippen LogP contribution in [0.25, 0.3) is 6.08 Å². The number of carbonyl (C=O) groups excluding carboxylic acids is 4. The van der Waals surface area contributed by atoms with Crippen molar-refractivity contribution >= 4 is 41.5 Å². The lowest BCUT2D eigenvalue weighted by Gasteiger charge is -2.28. The van der Waals surface area contributed by atoms with Gasteiger partial charge in [0, 0.05) is 56.3 Å². The number of amides is 3. The van der Waals surface area contributed by atoms with Crippen LogP contribution >= 0.6 is 0 Å². The van der Waals surface area contributed by atoms with Crippen molar-refractivity contribution in [2.45, 2.75) is 19.6 Å². The van der Waals surface area contributed by atoms with Gasteiger partial charge in [-0.1, -0.05) is 42.5 Å². The molecule has 10 nitrogen and oxygen atoms in total. The summed E-state index contributed by atoms with van der Waals surface area (Å²) in [5, 5.41) is 0. The third kappa shape index (κ3) is 8.04. The fourth-order valence-corrected chi connectivity index (χ4v) is 4.75. The number of nitrogens with zero attached hydrogens (tertiary/aromatic N) is 3. The number of carbonyl (C=O) groups is 4. The van der Waals surface area contributed by atoms with Crippen molar-refractivity contribution in [2.75, 3.05) is 43.4 Å². The first-order valence-corrected chi connectivity index (χ1v) is 13.7. The number of hydrogen-bond donors (Lipinski definition) is 2. The van der Waals surface area contributed by atoms with E-state index in [1.807, 2.05) is 0 Å². The lowest BCUT2D eigenvalue weighted by molar-refractivity contribution is -0.132. The fourth-order valence-electron chi connectivity index (χ4n) is 4.75. The molecular formula is C32H34FN5O5. The number of para-hydroxylation sites is 2. The van der Waals surface area contributed by atoms with Crippen molar-refractivity contribution < 1.29 is 28.3 Å². The fraction of sp³-hybridized carbons (Fsp3) is 0.250. The van der Waals surface area contributed by atoms with E-state index < -0.39 is 17.8 Å². The summed E-state index contributed by atoms with van der Waals surface area (Å²) in [5.74, 6) is -1.46. The van der Waals surface area contributed by atoms with Gasteiger partial charge in [-0.3, -0.25) is 24.1 Å². The van der Waals surface area contributed by atoms with Crippen molar-refractivity contribution in [1.82, 2.24) is 9.80 Å². The summed E-state index contributed by atoms with van der Waals surface area (Å²) in [6.45, 7) is 2.28. The van der Waals surface area contributed by atoms with Crippen LogP contribution in [0.4, 0.5) is 15.8 Å². The number of halogens is 1. The van der Waals surface area contributed by atoms with Crippen molar-refractivity contribution in [2.24, 2.45) is 5.73 Å². The van der Waals surface area contributed by atoms with Gasteiger partial charge in [-0.15, -0.1) is 0 Å². The molecule has 4 N–H and O–H groups in total. The molecule has 4 rings (SSSR count). The van der Waals surface area contributed by atoms with E-state index in [9.17, 15) is 23.6 Å². The Labute approximate surface area is 249 Å². The van der Waals surface area contributed by atoms with Crippen LogP contribution in [-0.4, -0.2) is 72.6 Å². The summed E-state index contributed by atoms with van der Waals surface area (Å²) in [5.41, 5.74) is 13.5. The minimum Gasteiger partial charge on any atom is -0.487 e. The highest BCUT2D eigenvalue weighted by molar-refractivity contribution is 6.07. The molecule has 1 aliphatic rings. The SMILES string of the molecule is CC(=O)N1CCN(C(=O)CN(C(=O)/C=C\c2cccc(N)c2F)c2ccccc2OCc2cccc(C=O)c2)CC(N)C1. The zero-order chi connectivity index (χ0) is 30.9. The van der Waals surface area contributed by atoms with Crippen LogP contribution in [0.2, 0.25) is 0 Å². The third-order valence-electron chi connectivity index (χ3n) is 7.01. The van der Waals surface area contributed by atoms with Crippen LogP contribution in [0.3, 0.4) is 0 Å². The van der Waals surface area contributed by atoms with E-state index in [0.29, 0.717) is 30.1 Å². The molecule has 1 saturated heterocycles. The predicted octanol–water partition coefficient (Wildman–Crippen LogP) is 2.86. The third-order valence-corrected chi connectivity index (χ3v) is 7.01. The molecule has 0 radical (unpaired) electrons. The molecule has 224 valence electrons. The number of hydrogen-bond acceptors (Lipinski definition) is 7. The Balaban J connectivity index is 1.63. The molecule has 11 heteroatoms. The smallest absolute Gasteiger partial charge is 0.251 e. The zero-order valence-electron chi connectivity index (χ0n) is 23.8. The van der Waals surface area contributed by atoms with Crippen molar-refractivity contribution in [3.05, 3.63) is 95.3 Å². The molecule has 0 aliphatic carbocycles. The van der Waals surface area contributed by atoms with Crippen LogP contribution in [0.15, 0.2) is 72.8 Å². The Morgan fingerprint density at radius 2 is 1.74 bits per heavy atom. The van der Waals surface area contributed by atoms with E-state index in [1.165, 1.54) is 41.0 Å². The number of nitrogens with two attached hydrogens (primary N) is 2. The summed E-state index contributed by atoms with van der Waals surface area (Å²) in [6.07, 6.45) is 3.21. The second-order valence-corrected chi connectivity index (χ2v) is 10.2. The number of ether oxygens (including phenoxy) is 1. The van der Waals surface area contributed by atoms with E-state index in [1.54, 1.807) is 59.5 Å². The van der Waals surface area contributed by atoms with E-state index in [0.717, 1.165) is 11.8 Å². The standard InChI is InChI=1S/C32H34FN5O5/c1-22(40)36-14-15-37(18-26(34)17-36)31(42)19-38(30(41)13-12-25-8-5-9-27(35)32(25)33)28-10-2-3-11-29(28)43-21-24-7-4-6-23(16-24)20-39/h2-13,16,20,26H,14-15,17-19,21,34-35H2,1H3/b13-12-. The van der Waals surface area contributed by atoms with Gasteiger partial charge >= 0.3 is 0 Å². The molecule has 1 atom stereocenters. The van der Waals surface area contributed by atoms with E-state index in [-0.39, 0.29) is 49.3 Å². The van der Waals surface area contributed by atoms with Gasteiger partial charge in [0.2, 0.25) is 11.8 Å². The Kier molecular flexibility index (Phi) is 10.2. The molecule has 3 amide bonds. The first-order valence-electron chi connectivity index (χ1n) is 13.7. The molecule has 3 aromatic rings. The molecule has 3 aromatic carbocycles. The van der Waals surface area contributed by atoms with Gasteiger partial charge in [0.1, 0.15) is 25.2 Å². The summed E-state index contributed by atoms with van der Waals surface area (Å²) >= 11 is 0. The number of nitrogen functional groups attached to an aromatic ring is 1. The summed E-state index contributed by atoms with van der Waals surface area (Å²) < 4.78 is 20.6. The molecule has 1 heterocycles. The molecular weight excluding hydrogens is 553 g/mol. The molecule has 0 aromatic heterocycles. The predicted molar refractivity (Wildman–Crippen MR) is 162 cm³/mol. The Bertz CT molecular complexity index is 1530. The highest BCUT2D eigenvalue weighted by atomic mass is 19.1. The van der Waals surface area contributed by atoms with Crippen LogP contribution in [0, 0.1) is 5.82 Å². The quantitative estimate of drug-likeness (QED) is 0.223. The Hall–Kier alpha value is -5.03. The Morgan fingerprint density at radius 1 is 1.02 bits per heavy atom. The minimum atomic E-state index is -0.663. The number of aldehydes is 1. The molecule has 1 fully saturated rings. The van der Waals surface area contributed by atoms with Gasteiger partial charge in [-0.2, -0.15) is 0 Å². The summed E-state index contributed by atoms with van der Waals surface area (Å²) in [4.78, 5) is 54.8. The molecule has 1 unspecified atom stereocenters. The topological polar surface area (TPSA) is 139 Å². The second kappa shape index (κ2) is 14.2. The first kappa shape index (κ1) is 30.9. The van der Waals surface area contributed by atoms with E-state index in [2.05, 4.69) is 0 Å². The highest BCUT2D eigenvalue weighted by Crippen LogP contribution is 2.30. The lowest BCUT2D eigenvalue weighted by atomic mass is 10.1. The van der Waals surface area contributed by atoms with Crippen molar-refractivity contribution in [3.8, 4) is 5.75 Å². The van der Waals surface area contributed by atoms with Crippen molar-refractivity contribution in [1.29, 1.82) is 0 Å². The molecule has 1 aliphatic heterocycles. The monoisotopic (exact) mass is 587 g/mol. The molecule has 0 bridgehead atoms. The van der Waals surface area contributed by atoms with Gasteiger partial charge in [-0.05, 0) is 35.9 Å². The largest absolute Gasteiger partial charge is 0.487 e. The average molecular weight is 588 g/mol. The van der Waals surface area contributed by atoms with Crippen LogP contribution in [0.5, 0.6) is 5.75 Å². The lowest BCUT2D eigenvalue weighted by Crippen LogP contribution is -2.47. The van der Waals surface area contributed by atoms with Gasteiger partial charge < -0.3 is 26.0 Å². The molecule has 43 heavy (non-hydrogen) atoms. The maximum absolute atomic E-state index is 14.5. The summed E-state index contributed by atoms with van der Waals surface area (Å²) in [7, 11) is 0. The maximum atomic E-state index is 14.5. The van der Waals surface area contributed by atoms with Crippen molar-refractivity contribution in [3.63, 3.8) is 0 Å². The average Bonchev–Trinajstić information content (AvgIpc) is 3.21. The maximum Gasteiger partial charge on any atom is 0.251 e. The van der Waals surface area contributed by atoms with E-state index >= 15 is 0 Å². The normalized spacial score (nSPS) is 15.2. The number of rotatable bonds is 9. The molecule has 0 saturated carbocycles. The zero-order valence-corrected chi connectivity index (χ0v) is 23.8. The van der Waals surface area contributed by atoms with Crippen LogP contribution in [-0.2, 0) is 21.0 Å². The van der Waals surface area contributed by atoms with Crippen LogP contribution in [0.1, 0.15) is 28.4 Å². The van der Waals surface area contributed by atoms with Gasteiger partial charge in [0.05, 0.1) is 11.4 Å². The van der Waals surface area contributed by atoms with Crippen LogP contribution < -0.4 is 21.1 Å². The second-order valence-electron chi connectivity index (χ2n) is 10.2. The number of anilines is 2.